The Morgan fingerprint density at radius 3 is 1.55 bits per heavy atom. The topological polar surface area (TPSA) is 85.4 Å². The number of ether oxygens (including phenoxy) is 2. The van der Waals surface area contributed by atoms with Crippen LogP contribution in [0.15, 0.2) is 85.2 Å². The summed E-state index contributed by atoms with van der Waals surface area (Å²) in [7, 11) is 0. The van der Waals surface area contributed by atoms with Gasteiger partial charge in [0.1, 0.15) is 5.69 Å². The first kappa shape index (κ1) is 36.0. The molecule has 4 aromatic rings. The minimum Gasteiger partial charge on any atom is -0.354 e. The van der Waals surface area contributed by atoms with Gasteiger partial charge in [0, 0.05) is 24.6 Å². The number of carbonyl (C=O) groups excluding carboxylic acids is 1. The van der Waals surface area contributed by atoms with E-state index >= 15 is 0 Å². The first-order chi connectivity index (χ1) is 20.4. The van der Waals surface area contributed by atoms with Gasteiger partial charge >= 0.3 is 12.4 Å². The number of aromatic nitrogens is 2. The zero-order valence-corrected chi connectivity index (χ0v) is 24.3. The third-order valence-electron chi connectivity index (χ3n) is 5.53. The van der Waals surface area contributed by atoms with Gasteiger partial charge < -0.3 is 20.1 Å². The number of carbonyl (C=O) groups is 1. The first-order valence-corrected chi connectivity index (χ1v) is 12.9. The van der Waals surface area contributed by atoms with Gasteiger partial charge in [0.25, 0.3) is 0 Å². The van der Waals surface area contributed by atoms with Crippen molar-refractivity contribution in [2.24, 2.45) is 0 Å². The minimum atomic E-state index is -4.38. The first-order valence-electron chi connectivity index (χ1n) is 12.9. The lowest BCUT2D eigenvalue weighted by Gasteiger charge is -2.16. The maximum absolute atomic E-state index is 12.7. The largest absolute Gasteiger partial charge is 0.416 e. The van der Waals surface area contributed by atoms with Crippen molar-refractivity contribution in [1.82, 2.24) is 9.97 Å². The number of rotatable bonds is 10. The summed E-state index contributed by atoms with van der Waals surface area (Å²) in [5, 5.41) is 5.69. The van der Waals surface area contributed by atoms with Crippen LogP contribution in [0.5, 0.6) is 0 Å². The highest BCUT2D eigenvalue weighted by molar-refractivity contribution is 5.85. The van der Waals surface area contributed by atoms with Crippen molar-refractivity contribution in [2.75, 3.05) is 23.8 Å². The predicted octanol–water partition coefficient (Wildman–Crippen LogP) is 8.99. The molecule has 14 heteroatoms. The molecule has 0 spiro atoms. The van der Waals surface area contributed by atoms with Gasteiger partial charge in [-0.05, 0) is 74.5 Å². The number of benzene rings is 2. The Balaban J connectivity index is 0.000000307. The van der Waals surface area contributed by atoms with Gasteiger partial charge in [-0.3, -0.25) is 14.8 Å². The van der Waals surface area contributed by atoms with E-state index in [2.05, 4.69) is 20.6 Å². The third-order valence-corrected chi connectivity index (χ3v) is 5.53. The summed E-state index contributed by atoms with van der Waals surface area (Å²) in [4.78, 5) is 18.5. The molecule has 0 saturated carbocycles. The van der Waals surface area contributed by atoms with Crippen LogP contribution in [0.4, 0.5) is 49.1 Å². The molecule has 2 N–H and O–H groups in total. The Hall–Kier alpha value is -4.20. The summed E-state index contributed by atoms with van der Waals surface area (Å²) < 4.78 is 86.7. The van der Waals surface area contributed by atoms with Crippen molar-refractivity contribution in [3.8, 4) is 0 Å². The van der Waals surface area contributed by atoms with Gasteiger partial charge in [-0.25, -0.2) is 0 Å². The van der Waals surface area contributed by atoms with Gasteiger partial charge in [0.05, 0.1) is 40.6 Å². The molecule has 0 saturated heterocycles. The number of halogens is 7. The highest BCUT2D eigenvalue weighted by Crippen LogP contribution is 2.32. The van der Waals surface area contributed by atoms with E-state index in [1.807, 2.05) is 13.8 Å². The molecule has 0 aliphatic rings. The van der Waals surface area contributed by atoms with Crippen molar-refractivity contribution >= 4 is 41.4 Å². The number of anilines is 4. The Kier molecular flexibility index (Phi) is 13.6. The Labute approximate surface area is 256 Å². The second-order valence-electron chi connectivity index (χ2n) is 8.71. The molecule has 44 heavy (non-hydrogen) atoms. The molecular weight excluding hydrogens is 614 g/mol. The van der Waals surface area contributed by atoms with E-state index in [0.29, 0.717) is 47.9 Å². The lowest BCUT2D eigenvalue weighted by Crippen LogP contribution is -2.10. The number of nitrogens with one attached hydrogen (secondary N) is 2. The van der Waals surface area contributed by atoms with Crippen molar-refractivity contribution in [3.05, 3.63) is 108 Å². The highest BCUT2D eigenvalue weighted by Gasteiger charge is 2.31. The molecule has 7 nitrogen and oxygen atoms in total. The molecule has 0 aliphatic heterocycles. The zero-order valence-electron chi connectivity index (χ0n) is 23.4. The number of hydrogen-bond donors (Lipinski definition) is 2. The molecule has 4 rings (SSSR count). The summed E-state index contributed by atoms with van der Waals surface area (Å²) in [5.41, 5.74) is 1.15. The van der Waals surface area contributed by atoms with Crippen LogP contribution in [0.25, 0.3) is 0 Å². The Morgan fingerprint density at radius 2 is 1.18 bits per heavy atom. The fourth-order valence-electron chi connectivity index (χ4n) is 3.57. The minimum absolute atomic E-state index is 0. The van der Waals surface area contributed by atoms with E-state index in [1.54, 1.807) is 24.3 Å². The maximum Gasteiger partial charge on any atom is 0.416 e. The van der Waals surface area contributed by atoms with Gasteiger partial charge in [-0.1, -0.05) is 12.1 Å². The molecule has 2 aromatic carbocycles. The smallest absolute Gasteiger partial charge is 0.354 e. The van der Waals surface area contributed by atoms with E-state index in [0.717, 1.165) is 24.3 Å². The van der Waals surface area contributed by atoms with E-state index in [4.69, 9.17) is 9.47 Å². The molecule has 0 amide bonds. The summed E-state index contributed by atoms with van der Waals surface area (Å²) in [5.74, 6) is 0. The average molecular weight is 643 g/mol. The molecule has 0 atom stereocenters. The Bertz CT molecular complexity index is 1450. The lowest BCUT2D eigenvalue weighted by atomic mass is 10.2. The summed E-state index contributed by atoms with van der Waals surface area (Å²) >= 11 is 0. The van der Waals surface area contributed by atoms with Crippen LogP contribution in [-0.4, -0.2) is 29.5 Å². The van der Waals surface area contributed by atoms with Crippen LogP contribution >= 0.6 is 12.4 Å². The molecule has 0 bridgehead atoms. The van der Waals surface area contributed by atoms with Crippen LogP contribution in [0.3, 0.4) is 0 Å². The number of hydrogen-bond acceptors (Lipinski definition) is 7. The number of aldehydes is 1. The van der Waals surface area contributed by atoms with Crippen LogP contribution in [-0.2, 0) is 21.8 Å². The highest BCUT2D eigenvalue weighted by atomic mass is 35.5. The normalized spacial score (nSPS) is 11.2. The SMILES string of the molecule is CCOC(OCC)c1ccc(Nc2cccc(C(F)(F)F)c2)cn1.Cl.O=Cc1ccc(Nc2cccc(C(F)(F)F)c2)cn1. The second kappa shape index (κ2) is 16.6. The summed E-state index contributed by atoms with van der Waals surface area (Å²) in [6.07, 6.45) is -5.81. The van der Waals surface area contributed by atoms with Gasteiger partial charge in [-0.15, -0.1) is 12.4 Å². The zero-order chi connectivity index (χ0) is 31.5. The molecule has 0 fully saturated rings. The number of alkyl halides is 6. The molecule has 2 aromatic heterocycles. The standard InChI is InChI=1S/C17H19F3N2O2.C13H9F3N2O.ClH/c1-3-23-16(24-4-2)15-9-8-14(11-21-15)22-13-7-5-6-12(10-13)17(18,19)20;14-13(15,16)9-2-1-3-10(6-9)18-11-4-5-12(8-19)17-7-11;/h5-11,16,22H,3-4H2,1-2H3;1-8,18H;1H. The number of pyridine rings is 2. The fourth-order valence-corrected chi connectivity index (χ4v) is 3.57. The molecular formula is C30H29ClF6N4O3. The van der Waals surface area contributed by atoms with Crippen molar-refractivity contribution in [2.45, 2.75) is 32.5 Å². The van der Waals surface area contributed by atoms with Crippen molar-refractivity contribution < 1.29 is 40.6 Å². The van der Waals surface area contributed by atoms with Gasteiger partial charge in [0.2, 0.25) is 6.29 Å². The van der Waals surface area contributed by atoms with Crippen LogP contribution in [0.1, 0.15) is 47.4 Å². The van der Waals surface area contributed by atoms with Crippen LogP contribution < -0.4 is 10.6 Å². The van der Waals surface area contributed by atoms with Crippen molar-refractivity contribution in [3.63, 3.8) is 0 Å². The molecule has 236 valence electrons. The average Bonchev–Trinajstić information content (AvgIpc) is 2.98. The van der Waals surface area contributed by atoms with Crippen molar-refractivity contribution in [1.29, 1.82) is 0 Å². The Morgan fingerprint density at radius 1 is 0.705 bits per heavy atom. The molecule has 0 aliphatic carbocycles. The quantitative estimate of drug-likeness (QED) is 0.101. The molecule has 0 radical (unpaired) electrons. The van der Waals surface area contributed by atoms with Crippen LogP contribution in [0.2, 0.25) is 0 Å². The van der Waals surface area contributed by atoms with Crippen LogP contribution in [0, 0.1) is 0 Å². The summed E-state index contributed by atoms with van der Waals surface area (Å²) in [6.45, 7) is 4.68. The monoisotopic (exact) mass is 642 g/mol. The second-order valence-corrected chi connectivity index (χ2v) is 8.71. The van der Waals surface area contributed by atoms with Gasteiger partial charge in [0.15, 0.2) is 6.29 Å². The van der Waals surface area contributed by atoms with E-state index in [1.165, 1.54) is 36.7 Å². The van der Waals surface area contributed by atoms with E-state index < -0.39 is 29.8 Å². The third kappa shape index (κ3) is 11.1. The van der Waals surface area contributed by atoms with E-state index in [-0.39, 0.29) is 18.1 Å². The number of nitrogens with zero attached hydrogens (tertiary/aromatic N) is 2. The fraction of sp³-hybridized carbons (Fsp3) is 0.233. The van der Waals surface area contributed by atoms with Gasteiger partial charge in [-0.2, -0.15) is 26.3 Å². The lowest BCUT2D eigenvalue weighted by molar-refractivity contribution is -0.142. The molecule has 0 unspecified atom stereocenters. The summed E-state index contributed by atoms with van der Waals surface area (Å²) in [6, 6.07) is 16.3. The molecule has 2 heterocycles. The van der Waals surface area contributed by atoms with E-state index in [9.17, 15) is 31.1 Å². The maximum atomic E-state index is 12.7. The predicted molar refractivity (Wildman–Crippen MR) is 157 cm³/mol.